The van der Waals surface area contributed by atoms with Gasteiger partial charge in [-0.2, -0.15) is 0 Å². The van der Waals surface area contributed by atoms with Crippen molar-refractivity contribution in [1.82, 2.24) is 20.9 Å². The normalized spacial score (nSPS) is 21.5. The van der Waals surface area contributed by atoms with Crippen molar-refractivity contribution < 1.29 is 19.1 Å². The molecule has 0 unspecified atom stereocenters. The smallest absolute Gasteiger partial charge is 0.247 e. The van der Waals surface area contributed by atoms with Crippen LogP contribution in [-0.4, -0.2) is 60.9 Å². The van der Waals surface area contributed by atoms with Crippen LogP contribution in [0.3, 0.4) is 0 Å². The van der Waals surface area contributed by atoms with Gasteiger partial charge in [-0.25, -0.2) is 0 Å². The lowest BCUT2D eigenvalue weighted by Gasteiger charge is -2.35. The van der Waals surface area contributed by atoms with E-state index in [1.54, 1.807) is 12.3 Å². The van der Waals surface area contributed by atoms with Crippen LogP contribution in [0, 0.1) is 11.8 Å². The zero-order chi connectivity index (χ0) is 28.5. The minimum Gasteiger partial charge on any atom is -0.487 e. The van der Waals surface area contributed by atoms with Gasteiger partial charge in [0, 0.05) is 12.6 Å². The van der Waals surface area contributed by atoms with Crippen LogP contribution in [0.25, 0.3) is 6.08 Å². The molecular formula is C31H42N4O4. The van der Waals surface area contributed by atoms with Crippen LogP contribution in [-0.2, 0) is 20.8 Å². The van der Waals surface area contributed by atoms with E-state index in [9.17, 15) is 14.4 Å². The van der Waals surface area contributed by atoms with Gasteiger partial charge in [0.2, 0.25) is 17.7 Å². The highest BCUT2D eigenvalue weighted by Gasteiger charge is 2.38. The molecule has 0 saturated carbocycles. The zero-order valence-corrected chi connectivity index (χ0v) is 23.8. The highest BCUT2D eigenvalue weighted by molar-refractivity contribution is 5.94. The molecule has 8 nitrogen and oxygen atoms in total. The maximum Gasteiger partial charge on any atom is 0.247 e. The van der Waals surface area contributed by atoms with Crippen molar-refractivity contribution in [3.63, 3.8) is 0 Å². The Kier molecular flexibility index (Phi) is 10.7. The Balaban J connectivity index is 2.03. The number of nitrogens with one attached hydrogen (secondary N) is 3. The molecule has 3 amide bonds. The van der Waals surface area contributed by atoms with Crippen LogP contribution < -0.4 is 20.7 Å². The average molecular weight is 535 g/mol. The summed E-state index contributed by atoms with van der Waals surface area (Å²) in [6.45, 7) is 7.95. The van der Waals surface area contributed by atoms with E-state index in [1.807, 2.05) is 101 Å². The first-order valence-electron chi connectivity index (χ1n) is 13.7. The van der Waals surface area contributed by atoms with E-state index >= 15 is 0 Å². The van der Waals surface area contributed by atoms with Gasteiger partial charge in [-0.15, -0.1) is 0 Å². The number of hydrogen-bond donors (Lipinski definition) is 3. The lowest BCUT2D eigenvalue weighted by Crippen LogP contribution is -2.62. The van der Waals surface area contributed by atoms with Gasteiger partial charge in [0.25, 0.3) is 0 Å². The van der Waals surface area contributed by atoms with Crippen molar-refractivity contribution in [2.75, 3.05) is 14.1 Å². The average Bonchev–Trinajstić information content (AvgIpc) is 2.90. The molecular weight excluding hydrogens is 492 g/mol. The fourth-order valence-electron chi connectivity index (χ4n) is 4.81. The molecule has 0 radical (unpaired) electrons. The quantitative estimate of drug-likeness (QED) is 0.482. The molecule has 0 saturated heterocycles. The molecule has 3 N–H and O–H groups in total. The summed E-state index contributed by atoms with van der Waals surface area (Å²) in [7, 11) is 3.71. The van der Waals surface area contributed by atoms with Gasteiger partial charge in [-0.3, -0.25) is 19.3 Å². The zero-order valence-electron chi connectivity index (χ0n) is 23.8. The minimum absolute atomic E-state index is 0.0657. The van der Waals surface area contributed by atoms with Gasteiger partial charge in [0.15, 0.2) is 0 Å². The molecule has 2 aromatic carbocycles. The van der Waals surface area contributed by atoms with E-state index in [2.05, 4.69) is 16.0 Å². The lowest BCUT2D eigenvalue weighted by atomic mass is 9.94. The Morgan fingerprint density at radius 1 is 1.00 bits per heavy atom. The monoisotopic (exact) mass is 534 g/mol. The van der Waals surface area contributed by atoms with Crippen molar-refractivity contribution in [1.29, 1.82) is 0 Å². The van der Waals surface area contributed by atoms with Gasteiger partial charge in [0.05, 0.1) is 6.04 Å². The molecule has 2 aliphatic heterocycles. The Bertz CT molecular complexity index is 1130. The van der Waals surface area contributed by atoms with E-state index in [0.717, 1.165) is 17.5 Å². The molecule has 2 bridgehead atoms. The summed E-state index contributed by atoms with van der Waals surface area (Å²) in [4.78, 5) is 42.7. The molecule has 0 spiro atoms. The molecule has 4 rings (SSSR count). The van der Waals surface area contributed by atoms with Crippen LogP contribution in [0.15, 0.2) is 60.8 Å². The second-order valence-electron chi connectivity index (χ2n) is 10.8. The maximum atomic E-state index is 14.0. The number of carbonyl (C=O) groups is 3. The van der Waals surface area contributed by atoms with Gasteiger partial charge in [0.1, 0.15) is 23.9 Å². The van der Waals surface area contributed by atoms with Gasteiger partial charge in [-0.05, 0) is 55.3 Å². The first-order valence-corrected chi connectivity index (χ1v) is 13.7. The largest absolute Gasteiger partial charge is 0.487 e. The minimum atomic E-state index is -1.03. The van der Waals surface area contributed by atoms with Crippen molar-refractivity contribution in [2.45, 2.75) is 64.8 Å². The summed E-state index contributed by atoms with van der Waals surface area (Å²) in [5.74, 6) is -0.558. The first-order chi connectivity index (χ1) is 18.6. The van der Waals surface area contributed by atoms with E-state index in [4.69, 9.17) is 4.74 Å². The second kappa shape index (κ2) is 13.9. The van der Waals surface area contributed by atoms with Crippen molar-refractivity contribution >= 4 is 23.8 Å². The Morgan fingerprint density at radius 3 is 2.26 bits per heavy atom. The standard InChI is InChI=1S/C31H42N4O4/c1-7-21(4)27(35(5)6)31(38)34-26-28(20(2)3)39-24-15-13-22(14-16-24)17-18-32-29(36)25(33-30(26)37)19-23-11-9-8-10-12-23/h8-18,20-21,25-28H,7,19H2,1-6H3,(H,32,36)(H,33,37)(H,34,38)/t21-,25-,26-,27-,28+/m0/s1. The third-order valence-electron chi connectivity index (χ3n) is 7.14. The summed E-state index contributed by atoms with van der Waals surface area (Å²) in [5, 5.41) is 8.72. The molecule has 0 aromatic heterocycles. The Labute approximate surface area is 232 Å². The number of amides is 3. The molecule has 210 valence electrons. The topological polar surface area (TPSA) is 99.8 Å². The molecule has 8 heteroatoms. The van der Waals surface area contributed by atoms with Crippen molar-refractivity contribution in [3.8, 4) is 5.75 Å². The number of rotatable bonds is 8. The van der Waals surface area contributed by atoms with Gasteiger partial charge >= 0.3 is 0 Å². The molecule has 2 aliphatic rings. The van der Waals surface area contributed by atoms with E-state index in [1.165, 1.54) is 0 Å². The van der Waals surface area contributed by atoms with Gasteiger partial charge < -0.3 is 20.7 Å². The number of likely N-dealkylation sites (N-methyl/N-ethyl adjacent to an activating group) is 1. The predicted octanol–water partition coefficient (Wildman–Crippen LogP) is 3.38. The number of fused-ring (bicyclic) bond motifs is 10. The van der Waals surface area contributed by atoms with Crippen LogP contribution >= 0.6 is 0 Å². The lowest BCUT2D eigenvalue weighted by molar-refractivity contribution is -0.136. The van der Waals surface area contributed by atoms with E-state index < -0.39 is 30.1 Å². The molecule has 2 heterocycles. The third kappa shape index (κ3) is 8.17. The van der Waals surface area contributed by atoms with Crippen molar-refractivity contribution in [3.05, 3.63) is 71.9 Å². The summed E-state index contributed by atoms with van der Waals surface area (Å²) >= 11 is 0. The summed E-state index contributed by atoms with van der Waals surface area (Å²) in [5.41, 5.74) is 1.79. The highest BCUT2D eigenvalue weighted by Crippen LogP contribution is 2.21. The van der Waals surface area contributed by atoms with Crippen LogP contribution in [0.2, 0.25) is 0 Å². The first kappa shape index (κ1) is 29.9. The maximum absolute atomic E-state index is 14.0. The fourth-order valence-corrected chi connectivity index (χ4v) is 4.81. The van der Waals surface area contributed by atoms with Crippen LogP contribution in [0.1, 0.15) is 45.2 Å². The van der Waals surface area contributed by atoms with Crippen LogP contribution in [0.4, 0.5) is 0 Å². The molecule has 0 aliphatic carbocycles. The number of carbonyl (C=O) groups excluding carboxylic acids is 3. The number of nitrogens with zero attached hydrogens (tertiary/aromatic N) is 1. The number of ether oxygens (including phenoxy) is 1. The Morgan fingerprint density at radius 2 is 1.67 bits per heavy atom. The van der Waals surface area contributed by atoms with E-state index in [-0.39, 0.29) is 23.7 Å². The third-order valence-corrected chi connectivity index (χ3v) is 7.14. The second-order valence-corrected chi connectivity index (χ2v) is 10.8. The highest BCUT2D eigenvalue weighted by atomic mass is 16.5. The SMILES string of the molecule is CC[C@H](C)[C@@H](C(=O)N[C@@H]1C(=O)N[C@@H](Cc2ccccc2)C(=O)NC=Cc2ccc(cc2)O[C@@H]1C(C)C)N(C)C. The fraction of sp³-hybridized carbons (Fsp3) is 0.452. The molecule has 5 atom stereocenters. The predicted molar refractivity (Wildman–Crippen MR) is 154 cm³/mol. The molecule has 39 heavy (non-hydrogen) atoms. The molecule has 0 fully saturated rings. The summed E-state index contributed by atoms with van der Waals surface area (Å²) in [6.07, 6.45) is 3.77. The van der Waals surface area contributed by atoms with Crippen LogP contribution in [0.5, 0.6) is 5.75 Å². The Hall–Kier alpha value is -3.65. The number of benzene rings is 2. The summed E-state index contributed by atoms with van der Waals surface area (Å²) in [6, 6.07) is 14.6. The van der Waals surface area contributed by atoms with E-state index in [0.29, 0.717) is 12.2 Å². The van der Waals surface area contributed by atoms with Gasteiger partial charge in [-0.1, -0.05) is 76.6 Å². The summed E-state index contributed by atoms with van der Waals surface area (Å²) < 4.78 is 6.35. The van der Waals surface area contributed by atoms with Crippen molar-refractivity contribution in [2.24, 2.45) is 11.8 Å². The number of hydrogen-bond acceptors (Lipinski definition) is 5. The molecule has 2 aromatic rings.